The summed E-state index contributed by atoms with van der Waals surface area (Å²) in [5, 5.41) is 8.67. The summed E-state index contributed by atoms with van der Waals surface area (Å²) in [4.78, 5) is 26.6. The van der Waals surface area contributed by atoms with E-state index >= 15 is 0 Å². The summed E-state index contributed by atoms with van der Waals surface area (Å²) in [5.74, 6) is -0.292. The molecule has 1 aromatic rings. The Kier molecular flexibility index (Phi) is 3.22. The molecule has 0 radical (unpaired) electrons. The Bertz CT molecular complexity index is 590. The normalized spacial score (nSPS) is 24.9. The fourth-order valence-corrected chi connectivity index (χ4v) is 4.40. The van der Waals surface area contributed by atoms with Crippen LogP contribution >= 0.6 is 11.8 Å². The molecule has 2 amide bonds. The molecule has 2 N–H and O–H groups in total. The zero-order valence-electron chi connectivity index (χ0n) is 11.2. The Morgan fingerprint density at radius 1 is 1.45 bits per heavy atom. The summed E-state index contributed by atoms with van der Waals surface area (Å²) in [5.41, 5.74) is 3.16. The fraction of sp³-hybridized carbons (Fsp3) is 0.429. The number of aryl methyl sites for hydroxylation is 1. The molecule has 1 atom stereocenters. The Labute approximate surface area is 121 Å². The number of benzene rings is 1. The maximum atomic E-state index is 12.3. The second-order valence-corrected chi connectivity index (χ2v) is 6.76. The van der Waals surface area contributed by atoms with Crippen LogP contribution in [-0.2, 0) is 11.2 Å². The van der Waals surface area contributed by atoms with Crippen molar-refractivity contribution in [3.05, 3.63) is 29.3 Å². The predicted octanol–water partition coefficient (Wildman–Crippen LogP) is 1.44. The Morgan fingerprint density at radius 3 is 2.90 bits per heavy atom. The first kappa shape index (κ1) is 13.5. The van der Waals surface area contributed by atoms with Gasteiger partial charge in [-0.2, -0.15) is 0 Å². The molecule has 106 valence electrons. The van der Waals surface area contributed by atoms with Crippen LogP contribution in [0, 0.1) is 0 Å². The number of hydroxylamine groups is 1. The monoisotopic (exact) mass is 292 g/mol. The quantitative estimate of drug-likeness (QED) is 0.607. The maximum Gasteiger partial charge on any atom is 0.274 e. The molecular formula is C14H16N2O3S. The van der Waals surface area contributed by atoms with Gasteiger partial charge in [0, 0.05) is 24.1 Å². The first-order chi connectivity index (χ1) is 9.55. The number of nitrogens with zero attached hydrogens (tertiary/aromatic N) is 1. The number of likely N-dealkylation sites (tertiary alicyclic amines) is 1. The van der Waals surface area contributed by atoms with Gasteiger partial charge in [0.2, 0.25) is 5.91 Å². The lowest BCUT2D eigenvalue weighted by Crippen LogP contribution is -2.38. The van der Waals surface area contributed by atoms with Crippen LogP contribution in [0.3, 0.4) is 0 Å². The molecule has 1 saturated heterocycles. The molecule has 2 aliphatic rings. The number of carbonyl (C=O) groups excluding carboxylic acids is 2. The molecule has 20 heavy (non-hydrogen) atoms. The number of hydrogen-bond donors (Lipinski definition) is 2. The molecule has 1 unspecified atom stereocenters. The molecule has 5 nitrogen and oxygen atoms in total. The summed E-state index contributed by atoms with van der Waals surface area (Å²) < 4.78 is -0.317. The molecule has 3 rings (SSSR count). The van der Waals surface area contributed by atoms with Gasteiger partial charge in [-0.05, 0) is 43.0 Å². The van der Waals surface area contributed by atoms with Crippen LogP contribution in [0.1, 0.15) is 28.8 Å². The molecule has 0 aliphatic carbocycles. The highest BCUT2D eigenvalue weighted by Gasteiger charge is 2.47. The van der Waals surface area contributed by atoms with Crippen molar-refractivity contribution in [3.8, 4) is 0 Å². The Morgan fingerprint density at radius 2 is 2.25 bits per heavy atom. The smallest absolute Gasteiger partial charge is 0.274 e. The highest BCUT2D eigenvalue weighted by Crippen LogP contribution is 2.48. The van der Waals surface area contributed by atoms with Crippen molar-refractivity contribution in [2.75, 3.05) is 13.6 Å². The van der Waals surface area contributed by atoms with Crippen LogP contribution in [0.5, 0.6) is 0 Å². The summed E-state index contributed by atoms with van der Waals surface area (Å²) in [6.45, 7) is 0.812. The SMILES string of the molecule is CN1CCC2(CCc3cc(C(=O)NO)ccc3S2)C1=O. The van der Waals surface area contributed by atoms with E-state index in [0.717, 1.165) is 36.3 Å². The van der Waals surface area contributed by atoms with E-state index in [1.807, 2.05) is 13.1 Å². The number of hydrogen-bond acceptors (Lipinski definition) is 4. The largest absolute Gasteiger partial charge is 0.344 e. The van der Waals surface area contributed by atoms with Gasteiger partial charge in [0.1, 0.15) is 4.75 Å². The van der Waals surface area contributed by atoms with Gasteiger partial charge in [-0.25, -0.2) is 5.48 Å². The minimum absolute atomic E-state index is 0.213. The first-order valence-corrected chi connectivity index (χ1v) is 7.39. The van der Waals surface area contributed by atoms with Crippen molar-refractivity contribution in [3.63, 3.8) is 0 Å². The highest BCUT2D eigenvalue weighted by molar-refractivity contribution is 8.01. The molecule has 2 heterocycles. The number of rotatable bonds is 1. The molecule has 6 heteroatoms. The number of carbonyl (C=O) groups is 2. The zero-order valence-corrected chi connectivity index (χ0v) is 12.0. The average molecular weight is 292 g/mol. The van der Waals surface area contributed by atoms with E-state index in [4.69, 9.17) is 5.21 Å². The predicted molar refractivity (Wildman–Crippen MR) is 74.9 cm³/mol. The number of amides is 2. The van der Waals surface area contributed by atoms with Crippen LogP contribution in [0.25, 0.3) is 0 Å². The first-order valence-electron chi connectivity index (χ1n) is 6.58. The summed E-state index contributed by atoms with van der Waals surface area (Å²) >= 11 is 1.62. The summed E-state index contributed by atoms with van der Waals surface area (Å²) in [7, 11) is 1.85. The van der Waals surface area contributed by atoms with E-state index in [0.29, 0.717) is 5.56 Å². The van der Waals surface area contributed by atoms with Gasteiger partial charge in [0.05, 0.1) is 0 Å². The molecule has 0 bridgehead atoms. The van der Waals surface area contributed by atoms with Crippen LogP contribution in [0.4, 0.5) is 0 Å². The van der Waals surface area contributed by atoms with Crippen LogP contribution < -0.4 is 5.48 Å². The van der Waals surface area contributed by atoms with Crippen LogP contribution in [0.2, 0.25) is 0 Å². The highest BCUT2D eigenvalue weighted by atomic mass is 32.2. The van der Waals surface area contributed by atoms with Crippen molar-refractivity contribution in [1.82, 2.24) is 10.4 Å². The number of fused-ring (bicyclic) bond motifs is 1. The Hall–Kier alpha value is -1.53. The Balaban J connectivity index is 1.90. The van der Waals surface area contributed by atoms with E-state index in [9.17, 15) is 9.59 Å². The van der Waals surface area contributed by atoms with Gasteiger partial charge in [0.15, 0.2) is 0 Å². The average Bonchev–Trinajstić information content (AvgIpc) is 2.75. The van der Waals surface area contributed by atoms with Crippen LogP contribution in [0.15, 0.2) is 23.1 Å². The molecule has 0 aromatic heterocycles. The van der Waals surface area contributed by atoms with Gasteiger partial charge < -0.3 is 4.90 Å². The van der Waals surface area contributed by atoms with E-state index in [1.165, 1.54) is 0 Å². The second-order valence-electron chi connectivity index (χ2n) is 5.34. The van der Waals surface area contributed by atoms with Crippen LogP contribution in [-0.4, -0.2) is 40.3 Å². The molecule has 2 aliphatic heterocycles. The second kappa shape index (κ2) is 4.79. The van der Waals surface area contributed by atoms with Gasteiger partial charge >= 0.3 is 0 Å². The summed E-state index contributed by atoms with van der Waals surface area (Å²) in [6.07, 6.45) is 2.47. The van der Waals surface area contributed by atoms with Crippen molar-refractivity contribution in [1.29, 1.82) is 0 Å². The van der Waals surface area contributed by atoms with Crippen molar-refractivity contribution in [2.24, 2.45) is 0 Å². The maximum absolute atomic E-state index is 12.3. The molecule has 1 spiro atoms. The lowest BCUT2D eigenvalue weighted by atomic mass is 9.95. The van der Waals surface area contributed by atoms with E-state index in [1.54, 1.807) is 34.3 Å². The third kappa shape index (κ3) is 1.99. The van der Waals surface area contributed by atoms with Crippen molar-refractivity contribution in [2.45, 2.75) is 28.9 Å². The van der Waals surface area contributed by atoms with Crippen molar-refractivity contribution >= 4 is 23.6 Å². The van der Waals surface area contributed by atoms with E-state index in [-0.39, 0.29) is 10.7 Å². The summed E-state index contributed by atoms with van der Waals surface area (Å²) in [6, 6.07) is 5.35. The van der Waals surface area contributed by atoms with Gasteiger partial charge in [0.25, 0.3) is 5.91 Å². The van der Waals surface area contributed by atoms with Gasteiger partial charge in [-0.1, -0.05) is 0 Å². The minimum atomic E-state index is -0.505. The molecule has 1 fully saturated rings. The molecular weight excluding hydrogens is 276 g/mol. The third-order valence-corrected chi connectivity index (χ3v) is 5.71. The third-order valence-electron chi connectivity index (χ3n) is 4.12. The molecule has 0 saturated carbocycles. The number of nitrogens with one attached hydrogen (secondary N) is 1. The minimum Gasteiger partial charge on any atom is -0.344 e. The number of thioether (sulfide) groups is 1. The standard InChI is InChI=1S/C14H16N2O3S/c1-16-7-6-14(13(16)18)5-4-9-8-10(12(17)15-19)2-3-11(9)20-14/h2-3,8,19H,4-7H2,1H3,(H,15,17). The molecule has 1 aromatic carbocycles. The van der Waals surface area contributed by atoms with E-state index < -0.39 is 5.91 Å². The van der Waals surface area contributed by atoms with Gasteiger partial charge in [-0.3, -0.25) is 14.8 Å². The van der Waals surface area contributed by atoms with E-state index in [2.05, 4.69) is 0 Å². The topological polar surface area (TPSA) is 69.6 Å². The van der Waals surface area contributed by atoms with Gasteiger partial charge in [-0.15, -0.1) is 11.8 Å². The lowest BCUT2D eigenvalue weighted by molar-refractivity contribution is -0.128. The zero-order chi connectivity index (χ0) is 14.3. The van der Waals surface area contributed by atoms with Crippen molar-refractivity contribution < 1.29 is 14.8 Å². The lowest BCUT2D eigenvalue weighted by Gasteiger charge is -2.32. The fourth-order valence-electron chi connectivity index (χ4n) is 2.91.